The lowest BCUT2D eigenvalue weighted by molar-refractivity contribution is 0.0523. The quantitative estimate of drug-likeness (QED) is 0.776. The molecule has 0 fully saturated rings. The molecule has 1 rings (SSSR count). The molecule has 1 heterocycles. The van der Waals surface area contributed by atoms with Crippen molar-refractivity contribution < 1.29 is 9.53 Å². The fraction of sp³-hybridized carbons (Fsp3) is 0.667. The van der Waals surface area contributed by atoms with Gasteiger partial charge in [0.15, 0.2) is 0 Å². The molecule has 0 aromatic carbocycles. The van der Waals surface area contributed by atoms with Crippen LogP contribution in [0.4, 0.5) is 5.95 Å². The highest BCUT2D eigenvalue weighted by molar-refractivity contribution is 5.91. The predicted octanol–water partition coefficient (Wildman–Crippen LogP) is 3.26. The van der Waals surface area contributed by atoms with Crippen molar-refractivity contribution in [1.29, 1.82) is 0 Å². The van der Waals surface area contributed by atoms with E-state index in [0.29, 0.717) is 35.5 Å². The highest BCUT2D eigenvalue weighted by atomic mass is 16.5. The van der Waals surface area contributed by atoms with Crippen LogP contribution < -0.4 is 5.32 Å². The molecule has 1 aromatic heterocycles. The van der Waals surface area contributed by atoms with Gasteiger partial charge in [-0.05, 0) is 33.6 Å². The molecule has 0 aliphatic heterocycles. The van der Waals surface area contributed by atoms with E-state index in [4.69, 9.17) is 4.74 Å². The molecule has 1 aromatic rings. The van der Waals surface area contributed by atoms with Crippen LogP contribution in [0.15, 0.2) is 0 Å². The summed E-state index contributed by atoms with van der Waals surface area (Å²) < 4.78 is 5.03. The van der Waals surface area contributed by atoms with Crippen molar-refractivity contribution in [2.24, 2.45) is 0 Å². The summed E-state index contributed by atoms with van der Waals surface area (Å²) in [6, 6.07) is 0.368. The monoisotopic (exact) mass is 279 g/mol. The Morgan fingerprint density at radius 3 is 2.25 bits per heavy atom. The topological polar surface area (TPSA) is 64.1 Å². The summed E-state index contributed by atoms with van der Waals surface area (Å²) in [5.41, 5.74) is 1.79. The predicted molar refractivity (Wildman–Crippen MR) is 80.1 cm³/mol. The van der Waals surface area contributed by atoms with Gasteiger partial charge in [-0.2, -0.15) is 0 Å². The third-order valence-electron chi connectivity index (χ3n) is 3.21. The van der Waals surface area contributed by atoms with Gasteiger partial charge in [-0.3, -0.25) is 0 Å². The number of esters is 1. The number of aryl methyl sites for hydroxylation is 2. The van der Waals surface area contributed by atoms with Gasteiger partial charge in [-0.1, -0.05) is 20.3 Å². The van der Waals surface area contributed by atoms with Gasteiger partial charge in [0.2, 0.25) is 5.95 Å². The highest BCUT2D eigenvalue weighted by Crippen LogP contribution is 2.16. The van der Waals surface area contributed by atoms with Gasteiger partial charge in [0.25, 0.3) is 0 Å². The summed E-state index contributed by atoms with van der Waals surface area (Å²) in [6.07, 6.45) is 3.22. The minimum atomic E-state index is -0.352. The van der Waals surface area contributed by atoms with Crippen LogP contribution in [0.3, 0.4) is 0 Å². The van der Waals surface area contributed by atoms with Gasteiger partial charge in [0.1, 0.15) is 5.56 Å². The smallest absolute Gasteiger partial charge is 0.341 e. The number of carbonyl (C=O) groups is 1. The Bertz CT molecular complexity index is 437. The van der Waals surface area contributed by atoms with E-state index in [0.717, 1.165) is 19.3 Å². The first kappa shape index (κ1) is 16.4. The summed E-state index contributed by atoms with van der Waals surface area (Å²) in [5.74, 6) is 0.239. The number of ether oxygens (including phenoxy) is 1. The Kier molecular flexibility index (Phi) is 6.42. The number of hydrogen-bond donors (Lipinski definition) is 1. The van der Waals surface area contributed by atoms with Crippen molar-refractivity contribution in [3.05, 3.63) is 17.0 Å². The zero-order valence-electron chi connectivity index (χ0n) is 13.1. The van der Waals surface area contributed by atoms with Crippen molar-refractivity contribution in [3.8, 4) is 0 Å². The SMILES string of the molecule is CCCC(CC)Nc1nc(C)c(C(=O)OCC)c(C)n1. The van der Waals surface area contributed by atoms with Gasteiger partial charge in [-0.15, -0.1) is 0 Å². The summed E-state index contributed by atoms with van der Waals surface area (Å²) in [7, 11) is 0. The Morgan fingerprint density at radius 1 is 1.20 bits per heavy atom. The van der Waals surface area contributed by atoms with E-state index >= 15 is 0 Å². The van der Waals surface area contributed by atoms with Crippen molar-refractivity contribution in [2.45, 2.75) is 59.9 Å². The summed E-state index contributed by atoms with van der Waals surface area (Å²) in [4.78, 5) is 20.6. The number of rotatable bonds is 7. The van der Waals surface area contributed by atoms with Crippen molar-refractivity contribution >= 4 is 11.9 Å². The van der Waals surface area contributed by atoms with Crippen molar-refractivity contribution in [3.63, 3.8) is 0 Å². The van der Waals surface area contributed by atoms with Gasteiger partial charge in [-0.25, -0.2) is 14.8 Å². The number of anilines is 1. The molecule has 0 spiro atoms. The second-order valence-electron chi connectivity index (χ2n) is 4.85. The number of nitrogens with zero attached hydrogens (tertiary/aromatic N) is 2. The second-order valence-corrected chi connectivity index (χ2v) is 4.85. The molecular formula is C15H25N3O2. The molecule has 5 heteroatoms. The average Bonchev–Trinajstić information content (AvgIpc) is 2.37. The molecule has 1 N–H and O–H groups in total. The molecule has 112 valence electrons. The lowest BCUT2D eigenvalue weighted by Crippen LogP contribution is -2.21. The van der Waals surface area contributed by atoms with E-state index in [1.54, 1.807) is 6.92 Å². The highest BCUT2D eigenvalue weighted by Gasteiger charge is 2.17. The molecular weight excluding hydrogens is 254 g/mol. The molecule has 0 radical (unpaired) electrons. The van der Waals surface area contributed by atoms with Crippen LogP contribution in [0.25, 0.3) is 0 Å². The van der Waals surface area contributed by atoms with E-state index in [1.807, 2.05) is 13.8 Å². The van der Waals surface area contributed by atoms with Crippen LogP contribution in [-0.4, -0.2) is 28.6 Å². The maximum absolute atomic E-state index is 11.9. The lowest BCUT2D eigenvalue weighted by Gasteiger charge is -2.17. The van der Waals surface area contributed by atoms with Crippen LogP contribution in [0, 0.1) is 13.8 Å². The molecule has 5 nitrogen and oxygen atoms in total. The molecule has 0 bridgehead atoms. The zero-order valence-corrected chi connectivity index (χ0v) is 13.1. The third-order valence-corrected chi connectivity index (χ3v) is 3.21. The zero-order chi connectivity index (χ0) is 15.1. The first-order chi connectivity index (χ1) is 9.53. The summed E-state index contributed by atoms with van der Waals surface area (Å²) in [6.45, 7) is 10.1. The van der Waals surface area contributed by atoms with Crippen LogP contribution >= 0.6 is 0 Å². The van der Waals surface area contributed by atoms with Crippen molar-refractivity contribution in [2.75, 3.05) is 11.9 Å². The van der Waals surface area contributed by atoms with Gasteiger partial charge >= 0.3 is 5.97 Å². The van der Waals surface area contributed by atoms with Crippen LogP contribution in [0.1, 0.15) is 61.8 Å². The van der Waals surface area contributed by atoms with Gasteiger partial charge in [0, 0.05) is 6.04 Å². The van der Waals surface area contributed by atoms with E-state index in [9.17, 15) is 4.79 Å². The molecule has 0 saturated heterocycles. The van der Waals surface area contributed by atoms with E-state index in [2.05, 4.69) is 29.1 Å². The van der Waals surface area contributed by atoms with Crippen LogP contribution in [0.5, 0.6) is 0 Å². The maximum Gasteiger partial charge on any atom is 0.341 e. The van der Waals surface area contributed by atoms with E-state index in [1.165, 1.54) is 0 Å². The Hall–Kier alpha value is -1.65. The first-order valence-electron chi connectivity index (χ1n) is 7.32. The van der Waals surface area contributed by atoms with Crippen LogP contribution in [0.2, 0.25) is 0 Å². The fourth-order valence-corrected chi connectivity index (χ4v) is 2.19. The fourth-order valence-electron chi connectivity index (χ4n) is 2.19. The summed E-state index contributed by atoms with van der Waals surface area (Å²) in [5, 5.41) is 3.34. The minimum Gasteiger partial charge on any atom is -0.462 e. The minimum absolute atomic E-state index is 0.352. The molecule has 0 saturated carbocycles. The average molecular weight is 279 g/mol. The van der Waals surface area contributed by atoms with Gasteiger partial charge in [0.05, 0.1) is 18.0 Å². The van der Waals surface area contributed by atoms with E-state index < -0.39 is 0 Å². The van der Waals surface area contributed by atoms with E-state index in [-0.39, 0.29) is 5.97 Å². The number of carbonyl (C=O) groups excluding carboxylic acids is 1. The Morgan fingerprint density at radius 2 is 1.80 bits per heavy atom. The second kappa shape index (κ2) is 7.82. The number of nitrogens with one attached hydrogen (secondary N) is 1. The standard InChI is InChI=1S/C15H25N3O2/c1-6-9-12(7-2)18-15-16-10(4)13(11(5)17-15)14(19)20-8-3/h12H,6-9H2,1-5H3,(H,16,17,18). The molecule has 1 atom stereocenters. The lowest BCUT2D eigenvalue weighted by atomic mass is 10.1. The first-order valence-corrected chi connectivity index (χ1v) is 7.32. The van der Waals surface area contributed by atoms with Gasteiger partial charge < -0.3 is 10.1 Å². The largest absolute Gasteiger partial charge is 0.462 e. The molecule has 0 amide bonds. The Labute approximate surface area is 121 Å². The Balaban J connectivity index is 2.95. The molecule has 20 heavy (non-hydrogen) atoms. The normalized spacial score (nSPS) is 12.1. The maximum atomic E-state index is 11.9. The molecule has 0 aliphatic rings. The molecule has 0 aliphatic carbocycles. The van der Waals surface area contributed by atoms with Crippen LogP contribution in [-0.2, 0) is 4.74 Å². The number of hydrogen-bond acceptors (Lipinski definition) is 5. The third kappa shape index (κ3) is 4.18. The van der Waals surface area contributed by atoms with Crippen molar-refractivity contribution in [1.82, 2.24) is 9.97 Å². The molecule has 1 unspecified atom stereocenters. The number of aromatic nitrogens is 2. The summed E-state index contributed by atoms with van der Waals surface area (Å²) >= 11 is 0.